The summed E-state index contributed by atoms with van der Waals surface area (Å²) in [6.07, 6.45) is 0.728. The Morgan fingerprint density at radius 1 is 1.39 bits per heavy atom. The Bertz CT molecular complexity index is 483. The van der Waals surface area contributed by atoms with Crippen LogP contribution < -0.4 is 5.32 Å². The number of carbonyl (C=O) groups excluding carboxylic acids is 1. The van der Waals surface area contributed by atoms with Gasteiger partial charge in [-0.05, 0) is 32.4 Å². The summed E-state index contributed by atoms with van der Waals surface area (Å²) in [6.45, 7) is 5.66. The highest BCUT2D eigenvalue weighted by molar-refractivity contribution is 6.34. The van der Waals surface area contributed by atoms with E-state index in [-0.39, 0.29) is 16.1 Å². The van der Waals surface area contributed by atoms with E-state index in [9.17, 15) is 9.59 Å². The van der Waals surface area contributed by atoms with Crippen LogP contribution in [0.25, 0.3) is 0 Å². The van der Waals surface area contributed by atoms with Crippen LogP contribution >= 0.6 is 11.6 Å². The molecule has 0 spiro atoms. The van der Waals surface area contributed by atoms with Crippen molar-refractivity contribution in [2.75, 3.05) is 0 Å². The van der Waals surface area contributed by atoms with E-state index in [1.807, 2.05) is 20.8 Å². The normalized spacial score (nSPS) is 11.1. The van der Waals surface area contributed by atoms with E-state index in [0.29, 0.717) is 0 Å². The number of amides is 1. The molecule has 0 unspecified atom stereocenters. The van der Waals surface area contributed by atoms with Crippen LogP contribution in [0, 0.1) is 0 Å². The summed E-state index contributed by atoms with van der Waals surface area (Å²) in [7, 11) is 0. The Kier molecular flexibility index (Phi) is 4.35. The number of halogens is 1. The van der Waals surface area contributed by atoms with E-state index in [4.69, 9.17) is 16.7 Å². The van der Waals surface area contributed by atoms with Gasteiger partial charge in [0.15, 0.2) is 0 Å². The van der Waals surface area contributed by atoms with Gasteiger partial charge in [0, 0.05) is 5.54 Å². The Balaban J connectivity index is 3.17. The van der Waals surface area contributed by atoms with E-state index in [1.54, 1.807) is 0 Å². The number of hydrogen-bond donors (Lipinski definition) is 2. The molecular weight excluding hydrogens is 254 g/mol. The molecule has 1 rings (SSSR count). The van der Waals surface area contributed by atoms with E-state index >= 15 is 0 Å². The molecule has 1 aromatic rings. The fourth-order valence-corrected chi connectivity index (χ4v) is 1.65. The molecule has 0 fully saturated rings. The molecule has 0 aliphatic heterocycles. The highest BCUT2D eigenvalue weighted by Crippen LogP contribution is 2.21. The lowest BCUT2D eigenvalue weighted by Gasteiger charge is -2.25. The molecule has 5 heteroatoms. The van der Waals surface area contributed by atoms with Crippen molar-refractivity contribution in [1.82, 2.24) is 5.32 Å². The van der Waals surface area contributed by atoms with Gasteiger partial charge in [0.05, 0.1) is 16.1 Å². The number of benzene rings is 1. The van der Waals surface area contributed by atoms with Gasteiger partial charge in [0.1, 0.15) is 0 Å². The maximum atomic E-state index is 12.1. The first kappa shape index (κ1) is 14.5. The largest absolute Gasteiger partial charge is 0.478 e. The van der Waals surface area contributed by atoms with Gasteiger partial charge in [-0.15, -0.1) is 0 Å². The molecular formula is C13H16ClNO3. The van der Waals surface area contributed by atoms with Crippen LogP contribution in [0.3, 0.4) is 0 Å². The van der Waals surface area contributed by atoms with E-state index in [2.05, 4.69) is 5.32 Å². The SMILES string of the molecule is CCC(C)(C)NC(=O)c1c(Cl)cccc1C(=O)O. The van der Waals surface area contributed by atoms with Crippen LogP contribution in [0.2, 0.25) is 5.02 Å². The highest BCUT2D eigenvalue weighted by atomic mass is 35.5. The van der Waals surface area contributed by atoms with Gasteiger partial charge in [0.25, 0.3) is 5.91 Å². The van der Waals surface area contributed by atoms with E-state index in [1.165, 1.54) is 18.2 Å². The smallest absolute Gasteiger partial charge is 0.336 e. The molecule has 0 saturated heterocycles. The molecule has 2 N–H and O–H groups in total. The van der Waals surface area contributed by atoms with Gasteiger partial charge in [0.2, 0.25) is 0 Å². The maximum absolute atomic E-state index is 12.1. The summed E-state index contributed by atoms with van der Waals surface area (Å²) in [5.74, 6) is -1.64. The van der Waals surface area contributed by atoms with Gasteiger partial charge in [-0.2, -0.15) is 0 Å². The Labute approximate surface area is 111 Å². The minimum atomic E-state index is -1.17. The summed E-state index contributed by atoms with van der Waals surface area (Å²) in [5, 5.41) is 12.0. The number of carboxylic acids is 1. The monoisotopic (exact) mass is 269 g/mol. The molecule has 1 amide bonds. The number of nitrogens with one attached hydrogen (secondary N) is 1. The fourth-order valence-electron chi connectivity index (χ4n) is 1.39. The second-order valence-corrected chi connectivity index (χ2v) is 5.07. The minimum absolute atomic E-state index is 0.00758. The lowest BCUT2D eigenvalue weighted by Crippen LogP contribution is -2.43. The number of hydrogen-bond acceptors (Lipinski definition) is 2. The van der Waals surface area contributed by atoms with Crippen LogP contribution in [0.15, 0.2) is 18.2 Å². The number of rotatable bonds is 4. The third kappa shape index (κ3) is 3.23. The second kappa shape index (κ2) is 5.40. The average Bonchev–Trinajstić information content (AvgIpc) is 2.27. The molecule has 0 atom stereocenters. The molecule has 4 nitrogen and oxygen atoms in total. The van der Waals surface area contributed by atoms with Gasteiger partial charge in [-0.1, -0.05) is 24.6 Å². The number of carbonyl (C=O) groups is 2. The van der Waals surface area contributed by atoms with Gasteiger partial charge >= 0.3 is 5.97 Å². The van der Waals surface area contributed by atoms with Crippen molar-refractivity contribution < 1.29 is 14.7 Å². The standard InChI is InChI=1S/C13H16ClNO3/c1-4-13(2,3)15-11(16)10-8(12(17)18)6-5-7-9(10)14/h5-7H,4H2,1-3H3,(H,15,16)(H,17,18). The van der Waals surface area contributed by atoms with Crippen LogP contribution in [0.5, 0.6) is 0 Å². The zero-order valence-electron chi connectivity index (χ0n) is 10.6. The molecule has 0 aliphatic carbocycles. The van der Waals surface area contributed by atoms with Crippen molar-refractivity contribution in [2.24, 2.45) is 0 Å². The first-order chi connectivity index (χ1) is 8.28. The molecule has 0 heterocycles. The lowest BCUT2D eigenvalue weighted by atomic mass is 10.00. The number of aromatic carboxylic acids is 1. The first-order valence-electron chi connectivity index (χ1n) is 5.63. The van der Waals surface area contributed by atoms with Crippen LogP contribution in [0.1, 0.15) is 47.9 Å². The predicted octanol–water partition coefficient (Wildman–Crippen LogP) is 2.96. The van der Waals surface area contributed by atoms with Crippen molar-refractivity contribution in [2.45, 2.75) is 32.7 Å². The van der Waals surface area contributed by atoms with Gasteiger partial charge in [-0.25, -0.2) is 4.79 Å². The third-order valence-electron chi connectivity index (χ3n) is 2.81. The summed E-state index contributed by atoms with van der Waals surface area (Å²) >= 11 is 5.92. The summed E-state index contributed by atoms with van der Waals surface area (Å²) < 4.78 is 0. The number of carboxylic acid groups (broad SMARTS) is 1. The van der Waals surface area contributed by atoms with Crippen molar-refractivity contribution in [3.8, 4) is 0 Å². The van der Waals surface area contributed by atoms with Crippen LogP contribution in [-0.4, -0.2) is 22.5 Å². The van der Waals surface area contributed by atoms with Crippen molar-refractivity contribution in [3.63, 3.8) is 0 Å². The minimum Gasteiger partial charge on any atom is -0.478 e. The quantitative estimate of drug-likeness (QED) is 0.883. The predicted molar refractivity (Wildman–Crippen MR) is 70.2 cm³/mol. The highest BCUT2D eigenvalue weighted by Gasteiger charge is 2.24. The van der Waals surface area contributed by atoms with Crippen LogP contribution in [0.4, 0.5) is 0 Å². The Morgan fingerprint density at radius 2 is 2.00 bits per heavy atom. The summed E-state index contributed by atoms with van der Waals surface area (Å²) in [5.41, 5.74) is -0.494. The molecule has 18 heavy (non-hydrogen) atoms. The topological polar surface area (TPSA) is 66.4 Å². The zero-order chi connectivity index (χ0) is 13.9. The molecule has 0 aliphatic rings. The molecule has 0 bridgehead atoms. The fraction of sp³-hybridized carbons (Fsp3) is 0.385. The molecule has 0 aromatic heterocycles. The van der Waals surface area contributed by atoms with Gasteiger partial charge < -0.3 is 10.4 Å². The Morgan fingerprint density at radius 3 is 2.50 bits per heavy atom. The maximum Gasteiger partial charge on any atom is 0.336 e. The first-order valence-corrected chi connectivity index (χ1v) is 6.00. The Hall–Kier alpha value is -1.55. The molecule has 98 valence electrons. The van der Waals surface area contributed by atoms with Crippen molar-refractivity contribution >= 4 is 23.5 Å². The molecule has 0 saturated carbocycles. The third-order valence-corrected chi connectivity index (χ3v) is 3.12. The van der Waals surface area contributed by atoms with E-state index in [0.717, 1.165) is 6.42 Å². The zero-order valence-corrected chi connectivity index (χ0v) is 11.3. The van der Waals surface area contributed by atoms with Gasteiger partial charge in [-0.3, -0.25) is 4.79 Å². The van der Waals surface area contributed by atoms with E-state index < -0.39 is 17.4 Å². The average molecular weight is 270 g/mol. The van der Waals surface area contributed by atoms with Crippen LogP contribution in [-0.2, 0) is 0 Å². The van der Waals surface area contributed by atoms with Crippen molar-refractivity contribution in [3.05, 3.63) is 34.3 Å². The molecule has 0 radical (unpaired) electrons. The summed E-state index contributed by atoms with van der Waals surface area (Å²) in [6, 6.07) is 4.37. The van der Waals surface area contributed by atoms with Crippen molar-refractivity contribution in [1.29, 1.82) is 0 Å². The molecule has 1 aromatic carbocycles. The second-order valence-electron chi connectivity index (χ2n) is 4.66. The lowest BCUT2D eigenvalue weighted by molar-refractivity contribution is 0.0689. The summed E-state index contributed by atoms with van der Waals surface area (Å²) in [4.78, 5) is 23.2.